The molecule has 0 radical (unpaired) electrons. The van der Waals surface area contributed by atoms with Crippen LogP contribution in [0.4, 0.5) is 0 Å². The Morgan fingerprint density at radius 1 is 1.50 bits per heavy atom. The van der Waals surface area contributed by atoms with Crippen molar-refractivity contribution in [3.63, 3.8) is 0 Å². The van der Waals surface area contributed by atoms with E-state index < -0.39 is 0 Å². The molecule has 1 atom stereocenters. The van der Waals surface area contributed by atoms with E-state index >= 15 is 0 Å². The highest BCUT2D eigenvalue weighted by Gasteiger charge is 2.07. The zero-order valence-corrected chi connectivity index (χ0v) is 12.7. The van der Waals surface area contributed by atoms with Crippen molar-refractivity contribution in [2.24, 2.45) is 5.73 Å². The molecular formula is C13H15ClN2S2. The van der Waals surface area contributed by atoms with Crippen molar-refractivity contribution in [3.8, 4) is 0 Å². The fraction of sp³-hybridized carbons (Fsp3) is 0.308. The molecule has 0 saturated carbocycles. The molecule has 18 heavy (non-hydrogen) atoms. The van der Waals surface area contributed by atoms with Gasteiger partial charge in [-0.2, -0.15) is 0 Å². The standard InChI is InChI=1S/C13H15ClN2S2/c1-8(15)5-10-3-4-11(6-12(10)14)18-13-16-9(2)7-17-13/h3-4,6-8H,5,15H2,1-2H3. The lowest BCUT2D eigenvalue weighted by molar-refractivity contribution is 0.738. The number of thiazole rings is 1. The van der Waals surface area contributed by atoms with E-state index in [1.165, 1.54) is 0 Å². The molecule has 2 N–H and O–H groups in total. The van der Waals surface area contributed by atoms with Crippen LogP contribution in [0.15, 0.2) is 32.8 Å². The second-order valence-corrected chi connectivity index (χ2v) is 6.88. The summed E-state index contributed by atoms with van der Waals surface area (Å²) in [5.74, 6) is 0. The number of benzene rings is 1. The molecule has 0 aliphatic carbocycles. The number of halogens is 1. The van der Waals surface area contributed by atoms with Gasteiger partial charge < -0.3 is 5.73 Å². The van der Waals surface area contributed by atoms with Gasteiger partial charge in [-0.25, -0.2) is 4.98 Å². The van der Waals surface area contributed by atoms with E-state index in [1.807, 2.05) is 19.9 Å². The van der Waals surface area contributed by atoms with E-state index in [-0.39, 0.29) is 6.04 Å². The van der Waals surface area contributed by atoms with Crippen molar-refractivity contribution in [2.75, 3.05) is 0 Å². The molecule has 1 heterocycles. The topological polar surface area (TPSA) is 38.9 Å². The Hall–Kier alpha value is -0.550. The molecular weight excluding hydrogens is 284 g/mol. The van der Waals surface area contributed by atoms with Crippen molar-refractivity contribution >= 4 is 34.7 Å². The number of aryl methyl sites for hydroxylation is 1. The van der Waals surface area contributed by atoms with Gasteiger partial charge in [-0.1, -0.05) is 29.4 Å². The average molecular weight is 299 g/mol. The zero-order chi connectivity index (χ0) is 13.1. The van der Waals surface area contributed by atoms with Crippen molar-refractivity contribution < 1.29 is 0 Å². The van der Waals surface area contributed by atoms with E-state index in [1.54, 1.807) is 23.1 Å². The van der Waals surface area contributed by atoms with E-state index in [2.05, 4.69) is 22.5 Å². The van der Waals surface area contributed by atoms with Crippen LogP contribution in [0, 0.1) is 6.92 Å². The van der Waals surface area contributed by atoms with E-state index in [4.69, 9.17) is 17.3 Å². The smallest absolute Gasteiger partial charge is 0.154 e. The van der Waals surface area contributed by atoms with Gasteiger partial charge in [-0.05, 0) is 38.0 Å². The molecule has 1 aromatic heterocycles. The monoisotopic (exact) mass is 298 g/mol. The Balaban J connectivity index is 2.13. The second kappa shape index (κ2) is 6.06. The predicted molar refractivity (Wildman–Crippen MR) is 79.8 cm³/mol. The Kier molecular flexibility index (Phi) is 4.67. The average Bonchev–Trinajstić information content (AvgIpc) is 2.68. The third kappa shape index (κ3) is 3.72. The minimum absolute atomic E-state index is 0.127. The number of nitrogens with two attached hydrogens (primary N) is 1. The summed E-state index contributed by atoms with van der Waals surface area (Å²) in [5, 5.41) is 2.83. The molecule has 1 aromatic carbocycles. The lowest BCUT2D eigenvalue weighted by Crippen LogP contribution is -2.17. The summed E-state index contributed by atoms with van der Waals surface area (Å²) in [5.41, 5.74) is 7.95. The summed E-state index contributed by atoms with van der Waals surface area (Å²) in [7, 11) is 0. The maximum atomic E-state index is 6.26. The lowest BCUT2D eigenvalue weighted by Gasteiger charge is -2.08. The highest BCUT2D eigenvalue weighted by atomic mass is 35.5. The van der Waals surface area contributed by atoms with Crippen LogP contribution in [-0.2, 0) is 6.42 Å². The SMILES string of the molecule is Cc1csc(Sc2ccc(CC(C)N)c(Cl)c2)n1. The van der Waals surface area contributed by atoms with Crippen LogP contribution in [0.1, 0.15) is 18.2 Å². The molecule has 0 saturated heterocycles. The first-order valence-electron chi connectivity index (χ1n) is 5.68. The first-order chi connectivity index (χ1) is 8.54. The Labute approximate surface area is 121 Å². The van der Waals surface area contributed by atoms with Gasteiger partial charge in [-0.15, -0.1) is 11.3 Å². The first kappa shape index (κ1) is 13.9. The summed E-state index contributed by atoms with van der Waals surface area (Å²) < 4.78 is 1.04. The highest BCUT2D eigenvalue weighted by Crippen LogP contribution is 2.32. The Morgan fingerprint density at radius 2 is 2.28 bits per heavy atom. The molecule has 0 fully saturated rings. The fourth-order valence-corrected chi connectivity index (χ4v) is 3.76. The number of nitrogens with zero attached hydrogens (tertiary/aromatic N) is 1. The van der Waals surface area contributed by atoms with Crippen molar-refractivity contribution in [1.82, 2.24) is 4.98 Å². The quantitative estimate of drug-likeness (QED) is 0.922. The molecule has 0 aliphatic rings. The molecule has 2 aromatic rings. The molecule has 2 nitrogen and oxygen atoms in total. The molecule has 0 bridgehead atoms. The first-order valence-corrected chi connectivity index (χ1v) is 7.76. The van der Waals surface area contributed by atoms with Crippen LogP contribution in [0.5, 0.6) is 0 Å². The second-order valence-electron chi connectivity index (χ2n) is 4.29. The van der Waals surface area contributed by atoms with Gasteiger partial charge in [0, 0.05) is 27.0 Å². The number of rotatable bonds is 4. The fourth-order valence-electron chi connectivity index (χ4n) is 1.58. The summed E-state index contributed by atoms with van der Waals surface area (Å²) in [4.78, 5) is 5.54. The molecule has 2 rings (SSSR count). The molecule has 0 spiro atoms. The molecule has 0 aliphatic heterocycles. The summed E-state index contributed by atoms with van der Waals surface area (Å²) in [6.45, 7) is 3.98. The third-order valence-corrected chi connectivity index (χ3v) is 4.77. The predicted octanol–water partition coefficient (Wildman–Crippen LogP) is 4.15. The summed E-state index contributed by atoms with van der Waals surface area (Å²) in [6, 6.07) is 6.24. The zero-order valence-electron chi connectivity index (χ0n) is 10.3. The number of hydrogen-bond acceptors (Lipinski definition) is 4. The lowest BCUT2D eigenvalue weighted by atomic mass is 10.1. The van der Waals surface area contributed by atoms with Crippen LogP contribution >= 0.6 is 34.7 Å². The number of hydrogen-bond donors (Lipinski definition) is 1. The van der Waals surface area contributed by atoms with Crippen LogP contribution < -0.4 is 5.73 Å². The van der Waals surface area contributed by atoms with Gasteiger partial charge in [0.15, 0.2) is 4.34 Å². The van der Waals surface area contributed by atoms with Crippen LogP contribution in [0.2, 0.25) is 5.02 Å². The summed E-state index contributed by atoms with van der Waals surface area (Å²) >= 11 is 9.55. The molecule has 1 unspecified atom stereocenters. The van der Waals surface area contributed by atoms with Gasteiger partial charge in [0.2, 0.25) is 0 Å². The maximum absolute atomic E-state index is 6.26. The van der Waals surface area contributed by atoms with Gasteiger partial charge >= 0.3 is 0 Å². The maximum Gasteiger partial charge on any atom is 0.154 e. The molecule has 0 amide bonds. The Bertz CT molecular complexity index is 538. The van der Waals surface area contributed by atoms with Gasteiger partial charge in [0.1, 0.15) is 0 Å². The minimum Gasteiger partial charge on any atom is -0.328 e. The summed E-state index contributed by atoms with van der Waals surface area (Å²) in [6.07, 6.45) is 0.806. The van der Waals surface area contributed by atoms with Gasteiger partial charge in [0.25, 0.3) is 0 Å². The molecule has 96 valence electrons. The largest absolute Gasteiger partial charge is 0.328 e. The van der Waals surface area contributed by atoms with E-state index in [0.29, 0.717) is 0 Å². The minimum atomic E-state index is 0.127. The normalized spacial score (nSPS) is 12.7. The van der Waals surface area contributed by atoms with Crippen molar-refractivity contribution in [1.29, 1.82) is 0 Å². The van der Waals surface area contributed by atoms with Crippen LogP contribution in [0.3, 0.4) is 0 Å². The van der Waals surface area contributed by atoms with Crippen LogP contribution in [-0.4, -0.2) is 11.0 Å². The van der Waals surface area contributed by atoms with Gasteiger partial charge in [-0.3, -0.25) is 0 Å². The van der Waals surface area contributed by atoms with Crippen molar-refractivity contribution in [3.05, 3.63) is 39.9 Å². The molecule has 5 heteroatoms. The third-order valence-electron chi connectivity index (χ3n) is 2.37. The number of aromatic nitrogens is 1. The van der Waals surface area contributed by atoms with Crippen LogP contribution in [0.25, 0.3) is 0 Å². The van der Waals surface area contributed by atoms with Gasteiger partial charge in [0.05, 0.1) is 0 Å². The van der Waals surface area contributed by atoms with E-state index in [0.717, 1.165) is 31.9 Å². The van der Waals surface area contributed by atoms with E-state index in [9.17, 15) is 0 Å². The Morgan fingerprint density at radius 3 is 2.83 bits per heavy atom. The van der Waals surface area contributed by atoms with Crippen molar-refractivity contribution in [2.45, 2.75) is 35.5 Å². The highest BCUT2D eigenvalue weighted by molar-refractivity contribution is 8.01.